The van der Waals surface area contributed by atoms with Gasteiger partial charge in [-0.2, -0.15) is 0 Å². The average Bonchev–Trinajstić information content (AvgIpc) is 2.89. The lowest BCUT2D eigenvalue weighted by molar-refractivity contribution is 0.627. The van der Waals surface area contributed by atoms with Gasteiger partial charge in [0.05, 0.1) is 0 Å². The molecule has 3 aromatic rings. The van der Waals surface area contributed by atoms with Crippen LogP contribution in [0.5, 0.6) is 0 Å². The molecule has 2 aromatic carbocycles. The molecule has 0 saturated carbocycles. The first-order valence-electron chi connectivity index (χ1n) is 9.07. The summed E-state index contributed by atoms with van der Waals surface area (Å²) in [6, 6.07) is 20.1. The van der Waals surface area contributed by atoms with E-state index in [2.05, 4.69) is 44.2 Å². The van der Waals surface area contributed by atoms with Gasteiger partial charge in [0, 0.05) is 22.1 Å². The summed E-state index contributed by atoms with van der Waals surface area (Å²) in [6.07, 6.45) is 10.6. The zero-order chi connectivity index (χ0) is 18.7. The Morgan fingerprint density at radius 3 is 1.70 bits per heavy atom. The van der Waals surface area contributed by atoms with E-state index in [1.54, 1.807) is 0 Å². The van der Waals surface area contributed by atoms with Crippen molar-refractivity contribution in [3.05, 3.63) is 96.9 Å². The molecule has 0 fully saturated rings. The maximum atomic E-state index is 4.77. The zero-order valence-electron chi connectivity index (χ0n) is 15.5. The van der Waals surface area contributed by atoms with E-state index in [1.807, 2.05) is 60.7 Å². The molecule has 1 aliphatic carbocycles. The van der Waals surface area contributed by atoms with Crippen LogP contribution in [0.15, 0.2) is 91.0 Å². The minimum Gasteiger partial charge on any atom is -0.208 e. The lowest BCUT2D eigenvalue weighted by Gasteiger charge is -2.12. The van der Waals surface area contributed by atoms with Gasteiger partial charge in [-0.3, -0.25) is 0 Å². The smallest absolute Gasteiger partial charge is 0.164 e. The highest BCUT2D eigenvalue weighted by atomic mass is 15.0. The Labute approximate surface area is 159 Å². The molecule has 3 heteroatoms. The molecule has 0 saturated heterocycles. The van der Waals surface area contributed by atoms with Gasteiger partial charge in [0.2, 0.25) is 0 Å². The second kappa shape index (κ2) is 7.12. The van der Waals surface area contributed by atoms with Crippen molar-refractivity contribution in [2.45, 2.75) is 13.8 Å². The summed E-state index contributed by atoms with van der Waals surface area (Å²) in [7, 11) is 0. The van der Waals surface area contributed by atoms with Gasteiger partial charge in [0.25, 0.3) is 0 Å². The van der Waals surface area contributed by atoms with Gasteiger partial charge in [-0.25, -0.2) is 15.0 Å². The normalized spacial score (nSPS) is 15.3. The molecular formula is C24H21N3. The van der Waals surface area contributed by atoms with Gasteiger partial charge in [0.15, 0.2) is 17.5 Å². The predicted molar refractivity (Wildman–Crippen MR) is 111 cm³/mol. The van der Waals surface area contributed by atoms with E-state index >= 15 is 0 Å². The van der Waals surface area contributed by atoms with Crippen LogP contribution >= 0.6 is 0 Å². The lowest BCUT2D eigenvalue weighted by Crippen LogP contribution is -2.03. The van der Waals surface area contributed by atoms with Crippen LogP contribution in [0, 0.1) is 5.41 Å². The molecular weight excluding hydrogens is 330 g/mol. The van der Waals surface area contributed by atoms with Gasteiger partial charge >= 0.3 is 0 Å². The summed E-state index contributed by atoms with van der Waals surface area (Å²) in [5.41, 5.74) is 2.95. The molecule has 1 aromatic heterocycles. The fourth-order valence-corrected chi connectivity index (χ4v) is 2.90. The van der Waals surface area contributed by atoms with Gasteiger partial charge in [-0.05, 0) is 0 Å². The number of rotatable bonds is 3. The van der Waals surface area contributed by atoms with Crippen LogP contribution in [0.25, 0.3) is 28.3 Å². The fourth-order valence-electron chi connectivity index (χ4n) is 2.90. The largest absolute Gasteiger partial charge is 0.208 e. The molecule has 1 heterocycles. The molecule has 1 aliphatic rings. The maximum Gasteiger partial charge on any atom is 0.164 e. The van der Waals surface area contributed by atoms with Crippen LogP contribution in [0.3, 0.4) is 0 Å². The first-order chi connectivity index (χ1) is 13.1. The van der Waals surface area contributed by atoms with E-state index in [9.17, 15) is 0 Å². The highest BCUT2D eigenvalue weighted by Gasteiger charge is 2.15. The minimum absolute atomic E-state index is 0.00972. The van der Waals surface area contributed by atoms with E-state index in [0.717, 1.165) is 16.7 Å². The van der Waals surface area contributed by atoms with Crippen LogP contribution in [0.1, 0.15) is 19.7 Å². The molecule has 4 rings (SSSR count). The van der Waals surface area contributed by atoms with Crippen LogP contribution in [0.4, 0.5) is 0 Å². The van der Waals surface area contributed by atoms with Crippen LogP contribution in [-0.2, 0) is 0 Å². The number of hydrogen-bond acceptors (Lipinski definition) is 3. The van der Waals surface area contributed by atoms with Crippen LogP contribution in [0.2, 0.25) is 0 Å². The number of benzene rings is 2. The minimum atomic E-state index is 0.00972. The number of nitrogens with zero attached hydrogens (tertiary/aromatic N) is 3. The zero-order valence-corrected chi connectivity index (χ0v) is 15.5. The maximum absolute atomic E-state index is 4.77. The Balaban J connectivity index is 1.87. The van der Waals surface area contributed by atoms with Crippen LogP contribution in [-0.4, -0.2) is 15.0 Å². The van der Waals surface area contributed by atoms with Gasteiger partial charge in [-0.15, -0.1) is 0 Å². The van der Waals surface area contributed by atoms with Gasteiger partial charge < -0.3 is 0 Å². The molecule has 0 unspecified atom stereocenters. The highest BCUT2D eigenvalue weighted by molar-refractivity contribution is 5.74. The number of hydrogen-bond donors (Lipinski definition) is 0. The summed E-state index contributed by atoms with van der Waals surface area (Å²) in [5, 5.41) is 0. The lowest BCUT2D eigenvalue weighted by atomic mass is 9.93. The highest BCUT2D eigenvalue weighted by Crippen LogP contribution is 2.27. The second-order valence-corrected chi connectivity index (χ2v) is 7.17. The Morgan fingerprint density at radius 1 is 0.630 bits per heavy atom. The summed E-state index contributed by atoms with van der Waals surface area (Å²) in [6.45, 7) is 4.35. The van der Waals surface area contributed by atoms with Gasteiger partial charge in [-0.1, -0.05) is 105 Å². The first kappa shape index (κ1) is 17.1. The van der Waals surface area contributed by atoms with Crippen molar-refractivity contribution in [2.24, 2.45) is 5.41 Å². The van der Waals surface area contributed by atoms with E-state index in [0.29, 0.717) is 17.5 Å². The Morgan fingerprint density at radius 2 is 1.15 bits per heavy atom. The summed E-state index contributed by atoms with van der Waals surface area (Å²) in [4.78, 5) is 14.3. The van der Waals surface area contributed by atoms with E-state index in [-0.39, 0.29) is 5.41 Å². The summed E-state index contributed by atoms with van der Waals surface area (Å²) < 4.78 is 0. The molecule has 0 aliphatic heterocycles. The third-order valence-corrected chi connectivity index (χ3v) is 4.45. The molecule has 132 valence electrons. The number of allylic oxidation sites excluding steroid dienone is 6. The summed E-state index contributed by atoms with van der Waals surface area (Å²) >= 11 is 0. The Kier molecular flexibility index (Phi) is 4.51. The van der Waals surface area contributed by atoms with Crippen LogP contribution < -0.4 is 0 Å². The van der Waals surface area contributed by atoms with Gasteiger partial charge in [0.1, 0.15) is 0 Å². The van der Waals surface area contributed by atoms with E-state index in [4.69, 9.17) is 15.0 Å². The van der Waals surface area contributed by atoms with E-state index in [1.165, 1.54) is 0 Å². The molecule has 0 atom stereocenters. The van der Waals surface area contributed by atoms with Crippen molar-refractivity contribution in [3.63, 3.8) is 0 Å². The van der Waals surface area contributed by atoms with E-state index < -0.39 is 0 Å². The predicted octanol–water partition coefficient (Wildman–Crippen LogP) is 5.74. The molecule has 0 N–H and O–H groups in total. The third-order valence-electron chi connectivity index (χ3n) is 4.45. The van der Waals surface area contributed by atoms with Crippen molar-refractivity contribution >= 4 is 5.57 Å². The topological polar surface area (TPSA) is 38.7 Å². The SMILES string of the molecule is CC1(C)C=CC=C(c2nc(-c3ccccc3)nc(-c3ccccc3)n2)C=C1. The molecule has 3 nitrogen and oxygen atoms in total. The molecule has 0 spiro atoms. The first-order valence-corrected chi connectivity index (χ1v) is 9.07. The van der Waals surface area contributed by atoms with Crippen molar-refractivity contribution in [2.75, 3.05) is 0 Å². The molecule has 27 heavy (non-hydrogen) atoms. The monoisotopic (exact) mass is 351 g/mol. The number of aromatic nitrogens is 3. The quantitative estimate of drug-likeness (QED) is 0.604. The second-order valence-electron chi connectivity index (χ2n) is 7.17. The molecule has 0 radical (unpaired) electrons. The Bertz CT molecular complexity index is 972. The summed E-state index contributed by atoms with van der Waals surface area (Å²) in [5.74, 6) is 2.05. The molecule has 0 amide bonds. The third kappa shape index (κ3) is 3.93. The van der Waals surface area contributed by atoms with Crippen molar-refractivity contribution in [1.29, 1.82) is 0 Å². The van der Waals surface area contributed by atoms with Crippen molar-refractivity contribution in [3.8, 4) is 22.8 Å². The average molecular weight is 351 g/mol. The fraction of sp³-hybridized carbons (Fsp3) is 0.125. The standard InChI is InChI=1S/C24H21N3/c1-24(2)16-9-14-20(15-17-24)23-26-21(18-10-5-3-6-11-18)25-22(27-23)19-12-7-4-8-13-19/h3-17H,1-2H3. The van der Waals surface area contributed by atoms with Crippen molar-refractivity contribution < 1.29 is 0 Å². The Hall–Kier alpha value is -3.33. The molecule has 0 bridgehead atoms. The van der Waals surface area contributed by atoms with Crippen molar-refractivity contribution in [1.82, 2.24) is 15.0 Å².